The third kappa shape index (κ3) is 3.47. The summed E-state index contributed by atoms with van der Waals surface area (Å²) in [6.45, 7) is 2.02. The van der Waals surface area contributed by atoms with Crippen LogP contribution in [-0.4, -0.2) is 34.0 Å². The van der Waals surface area contributed by atoms with Gasteiger partial charge in [-0.05, 0) is 18.1 Å². The number of anilines is 3. The summed E-state index contributed by atoms with van der Waals surface area (Å²) < 4.78 is 0. The number of benzene rings is 1. The molecule has 0 fully saturated rings. The number of nitrogens with zero attached hydrogens (tertiary/aromatic N) is 4. The Labute approximate surface area is 128 Å². The highest BCUT2D eigenvalue weighted by molar-refractivity contribution is 5.74. The molecule has 0 aliphatic heterocycles. The van der Waals surface area contributed by atoms with Gasteiger partial charge >= 0.3 is 5.69 Å². The van der Waals surface area contributed by atoms with Crippen LogP contribution in [0.2, 0.25) is 0 Å². The number of aryl methyl sites for hydroxylation is 1. The summed E-state index contributed by atoms with van der Waals surface area (Å²) in [4.78, 5) is 18.9. The molecule has 1 aromatic heterocycles. The first-order valence-electron chi connectivity index (χ1n) is 6.81. The third-order valence-electron chi connectivity index (χ3n) is 2.99. The summed E-state index contributed by atoms with van der Waals surface area (Å²) in [6, 6.07) is 7.63. The van der Waals surface area contributed by atoms with E-state index < -0.39 is 4.92 Å². The maximum atomic E-state index is 11.4. The highest BCUT2D eigenvalue weighted by atomic mass is 16.6. The predicted molar refractivity (Wildman–Crippen MR) is 85.1 cm³/mol. The molecule has 0 bridgehead atoms. The molecule has 0 atom stereocenters. The SMILES string of the molecule is CCc1ccccc1Nc1ncnc(NN(C)C)c1[N+](=O)[O-]. The average Bonchev–Trinajstić information content (AvgIpc) is 2.47. The Hall–Kier alpha value is -2.74. The quantitative estimate of drug-likeness (QED) is 0.625. The minimum Gasteiger partial charge on any atom is -0.334 e. The van der Waals surface area contributed by atoms with Crippen LogP contribution in [0.1, 0.15) is 12.5 Å². The maximum absolute atomic E-state index is 11.4. The topological polar surface area (TPSA) is 96.2 Å². The number of hydrogen-bond acceptors (Lipinski definition) is 7. The van der Waals surface area contributed by atoms with E-state index in [4.69, 9.17) is 0 Å². The summed E-state index contributed by atoms with van der Waals surface area (Å²) in [5.74, 6) is 0.298. The monoisotopic (exact) mass is 302 g/mol. The fraction of sp³-hybridized carbons (Fsp3) is 0.286. The summed E-state index contributed by atoms with van der Waals surface area (Å²) >= 11 is 0. The number of hydrogen-bond donors (Lipinski definition) is 2. The van der Waals surface area contributed by atoms with Crippen LogP contribution in [0, 0.1) is 10.1 Å². The van der Waals surface area contributed by atoms with Crippen molar-refractivity contribution in [2.24, 2.45) is 0 Å². The molecular weight excluding hydrogens is 284 g/mol. The second-order valence-corrected chi connectivity index (χ2v) is 4.82. The molecule has 0 saturated carbocycles. The molecule has 116 valence electrons. The van der Waals surface area contributed by atoms with Crippen molar-refractivity contribution < 1.29 is 4.92 Å². The van der Waals surface area contributed by atoms with Gasteiger partial charge in [0.05, 0.1) is 4.92 Å². The molecule has 1 heterocycles. The smallest absolute Gasteiger partial charge is 0.334 e. The molecule has 0 amide bonds. The van der Waals surface area contributed by atoms with Crippen LogP contribution in [0.4, 0.5) is 23.0 Å². The fourth-order valence-electron chi connectivity index (χ4n) is 2.01. The molecule has 2 N–H and O–H groups in total. The van der Waals surface area contributed by atoms with Crippen molar-refractivity contribution in [3.63, 3.8) is 0 Å². The van der Waals surface area contributed by atoms with E-state index in [0.717, 1.165) is 17.7 Å². The highest BCUT2D eigenvalue weighted by Gasteiger charge is 2.23. The van der Waals surface area contributed by atoms with E-state index in [1.54, 1.807) is 19.1 Å². The van der Waals surface area contributed by atoms with Gasteiger partial charge in [-0.3, -0.25) is 15.5 Å². The maximum Gasteiger partial charge on any atom is 0.354 e. The fourth-order valence-corrected chi connectivity index (χ4v) is 2.01. The minimum absolute atomic E-state index is 0.140. The van der Waals surface area contributed by atoms with Crippen molar-refractivity contribution in [2.45, 2.75) is 13.3 Å². The van der Waals surface area contributed by atoms with Crippen LogP contribution >= 0.6 is 0 Å². The predicted octanol–water partition coefficient (Wildman–Crippen LogP) is 2.58. The summed E-state index contributed by atoms with van der Waals surface area (Å²) in [7, 11) is 3.46. The van der Waals surface area contributed by atoms with Gasteiger partial charge in [0.25, 0.3) is 0 Å². The van der Waals surface area contributed by atoms with Crippen molar-refractivity contribution in [1.82, 2.24) is 15.0 Å². The van der Waals surface area contributed by atoms with Crippen LogP contribution < -0.4 is 10.7 Å². The van der Waals surface area contributed by atoms with Crippen LogP contribution in [-0.2, 0) is 6.42 Å². The molecule has 1 aromatic carbocycles. The lowest BCUT2D eigenvalue weighted by Gasteiger charge is -2.14. The Kier molecular flexibility index (Phi) is 4.84. The number of aromatic nitrogens is 2. The van der Waals surface area contributed by atoms with Crippen molar-refractivity contribution in [2.75, 3.05) is 24.8 Å². The zero-order chi connectivity index (χ0) is 16.1. The first-order chi connectivity index (χ1) is 10.5. The molecule has 0 aliphatic rings. The highest BCUT2D eigenvalue weighted by Crippen LogP contribution is 2.32. The molecule has 0 radical (unpaired) electrons. The van der Waals surface area contributed by atoms with Crippen molar-refractivity contribution >= 4 is 23.0 Å². The zero-order valence-corrected chi connectivity index (χ0v) is 12.7. The van der Waals surface area contributed by atoms with Gasteiger partial charge in [-0.1, -0.05) is 25.1 Å². The minimum atomic E-state index is -0.497. The van der Waals surface area contributed by atoms with Gasteiger partial charge in [0.2, 0.25) is 11.6 Å². The second kappa shape index (κ2) is 6.81. The summed E-state index contributed by atoms with van der Waals surface area (Å²) in [5, 5.41) is 16.0. The van der Waals surface area contributed by atoms with Gasteiger partial charge in [0, 0.05) is 19.8 Å². The van der Waals surface area contributed by atoms with Crippen LogP contribution in [0.15, 0.2) is 30.6 Å². The molecule has 0 unspecified atom stereocenters. The largest absolute Gasteiger partial charge is 0.354 e. The van der Waals surface area contributed by atoms with Crippen molar-refractivity contribution in [1.29, 1.82) is 0 Å². The molecule has 0 saturated heterocycles. The van der Waals surface area contributed by atoms with Gasteiger partial charge in [-0.15, -0.1) is 0 Å². The molecule has 2 rings (SSSR count). The first-order valence-corrected chi connectivity index (χ1v) is 6.81. The zero-order valence-electron chi connectivity index (χ0n) is 12.7. The Morgan fingerprint density at radius 1 is 1.23 bits per heavy atom. The number of rotatable bonds is 6. The molecule has 0 spiro atoms. The standard InChI is InChI=1S/C14H18N6O2/c1-4-10-7-5-6-8-11(10)17-13-12(20(21)22)14(16-9-15-13)18-19(2)3/h5-9H,4H2,1-3H3,(H2,15,16,17,18). The van der Waals surface area contributed by atoms with E-state index in [9.17, 15) is 10.1 Å². The Morgan fingerprint density at radius 2 is 1.91 bits per heavy atom. The van der Waals surface area contributed by atoms with Gasteiger partial charge in [-0.2, -0.15) is 0 Å². The lowest BCUT2D eigenvalue weighted by atomic mass is 10.1. The number of nitro groups is 1. The van der Waals surface area contributed by atoms with Crippen molar-refractivity contribution in [3.05, 3.63) is 46.3 Å². The number of hydrazine groups is 1. The Balaban J connectivity index is 2.44. The van der Waals surface area contributed by atoms with E-state index in [0.29, 0.717) is 0 Å². The van der Waals surface area contributed by atoms with Crippen LogP contribution in [0.25, 0.3) is 0 Å². The number of para-hydroxylation sites is 1. The van der Waals surface area contributed by atoms with E-state index >= 15 is 0 Å². The molecule has 0 aliphatic carbocycles. The van der Waals surface area contributed by atoms with Crippen LogP contribution in [0.3, 0.4) is 0 Å². The Morgan fingerprint density at radius 3 is 2.55 bits per heavy atom. The van der Waals surface area contributed by atoms with Crippen LogP contribution in [0.5, 0.6) is 0 Å². The lowest BCUT2D eigenvalue weighted by molar-refractivity contribution is -0.383. The third-order valence-corrected chi connectivity index (χ3v) is 2.99. The van der Waals surface area contributed by atoms with Gasteiger partial charge < -0.3 is 5.32 Å². The molecule has 2 aromatic rings. The average molecular weight is 302 g/mol. The van der Waals surface area contributed by atoms with E-state index in [1.807, 2.05) is 31.2 Å². The van der Waals surface area contributed by atoms with Gasteiger partial charge in [0.1, 0.15) is 6.33 Å². The molecule has 8 nitrogen and oxygen atoms in total. The van der Waals surface area contributed by atoms with E-state index in [-0.39, 0.29) is 17.3 Å². The Bertz CT molecular complexity index is 674. The van der Waals surface area contributed by atoms with Gasteiger partial charge in [-0.25, -0.2) is 15.0 Å². The molecular formula is C14H18N6O2. The summed E-state index contributed by atoms with van der Waals surface area (Å²) in [6.07, 6.45) is 2.10. The normalized spacial score (nSPS) is 10.5. The van der Waals surface area contributed by atoms with Gasteiger partial charge in [0.15, 0.2) is 0 Å². The lowest BCUT2D eigenvalue weighted by Crippen LogP contribution is -2.21. The number of nitrogens with one attached hydrogen (secondary N) is 2. The van der Waals surface area contributed by atoms with E-state index in [1.165, 1.54) is 6.33 Å². The first kappa shape index (κ1) is 15.6. The molecule has 8 heteroatoms. The summed E-state index contributed by atoms with van der Waals surface area (Å²) in [5.41, 5.74) is 4.46. The van der Waals surface area contributed by atoms with E-state index in [2.05, 4.69) is 20.7 Å². The van der Waals surface area contributed by atoms with Crippen molar-refractivity contribution in [3.8, 4) is 0 Å². The second-order valence-electron chi connectivity index (χ2n) is 4.82. The molecule has 22 heavy (non-hydrogen) atoms.